The van der Waals surface area contributed by atoms with Crippen LogP contribution in [0.4, 0.5) is 10.1 Å². The number of hydrogen-bond acceptors (Lipinski definition) is 4. The lowest BCUT2D eigenvalue weighted by atomic mass is 9.85. The lowest BCUT2D eigenvalue weighted by Gasteiger charge is -2.25. The number of carbonyl (C=O) groups excluding carboxylic acids is 3. The molecule has 5 atom stereocenters. The Morgan fingerprint density at radius 1 is 1.03 bits per heavy atom. The standard InChI is InChI=1S/C23H21FN2O4/c1-30-16-10-8-15(9-11-16)26-22(28)18-17-3-2-12-25(17)20(19(18)23(26)29)21(27)13-4-6-14(24)7-5-13/h4-11,17-20H,2-3,12H2,1H3/p+1/t17-,18-,19+,20-/m0/s1. The first kappa shape index (κ1) is 18.9. The van der Waals surface area contributed by atoms with Crippen LogP contribution in [-0.4, -0.2) is 43.3 Å². The molecule has 0 saturated carbocycles. The molecule has 7 heteroatoms. The van der Waals surface area contributed by atoms with E-state index in [0.717, 1.165) is 24.3 Å². The maximum absolute atomic E-state index is 13.4. The van der Waals surface area contributed by atoms with Gasteiger partial charge in [0.1, 0.15) is 29.4 Å². The third kappa shape index (κ3) is 2.69. The molecule has 2 aromatic carbocycles. The minimum atomic E-state index is -0.683. The summed E-state index contributed by atoms with van der Waals surface area (Å²) >= 11 is 0. The van der Waals surface area contributed by atoms with Crippen molar-refractivity contribution < 1.29 is 28.4 Å². The largest absolute Gasteiger partial charge is 0.497 e. The maximum atomic E-state index is 13.4. The highest BCUT2D eigenvalue weighted by atomic mass is 19.1. The van der Waals surface area contributed by atoms with E-state index < -0.39 is 23.7 Å². The van der Waals surface area contributed by atoms with E-state index in [0.29, 0.717) is 17.0 Å². The van der Waals surface area contributed by atoms with E-state index >= 15 is 0 Å². The number of rotatable bonds is 4. The zero-order chi connectivity index (χ0) is 21.0. The van der Waals surface area contributed by atoms with Gasteiger partial charge in [-0.2, -0.15) is 0 Å². The van der Waals surface area contributed by atoms with Gasteiger partial charge < -0.3 is 9.64 Å². The van der Waals surface area contributed by atoms with Gasteiger partial charge in [0.15, 0.2) is 6.04 Å². The number of benzene rings is 2. The molecule has 154 valence electrons. The van der Waals surface area contributed by atoms with Gasteiger partial charge in [0.25, 0.3) is 0 Å². The number of amides is 2. The highest BCUT2D eigenvalue weighted by molar-refractivity contribution is 6.24. The lowest BCUT2D eigenvalue weighted by Crippen LogP contribution is -3.16. The minimum Gasteiger partial charge on any atom is -0.497 e. The molecule has 6 nitrogen and oxygen atoms in total. The smallest absolute Gasteiger partial charge is 0.244 e. The Bertz CT molecular complexity index is 1020. The fraction of sp³-hybridized carbons (Fsp3) is 0.348. The average Bonchev–Trinajstić information content (AvgIpc) is 3.40. The van der Waals surface area contributed by atoms with Crippen molar-refractivity contribution >= 4 is 23.3 Å². The number of carbonyl (C=O) groups is 3. The summed E-state index contributed by atoms with van der Waals surface area (Å²) < 4.78 is 18.5. The van der Waals surface area contributed by atoms with E-state index in [9.17, 15) is 18.8 Å². The van der Waals surface area contributed by atoms with Crippen molar-refractivity contribution in [3.8, 4) is 5.75 Å². The van der Waals surface area contributed by atoms with E-state index in [1.165, 1.54) is 29.2 Å². The number of halogens is 1. The molecule has 1 unspecified atom stereocenters. The van der Waals surface area contributed by atoms with Crippen molar-refractivity contribution in [1.82, 2.24) is 0 Å². The number of quaternary nitrogens is 1. The summed E-state index contributed by atoms with van der Waals surface area (Å²) in [6.45, 7) is 0.762. The first-order valence-electron chi connectivity index (χ1n) is 10.2. The predicted octanol–water partition coefficient (Wildman–Crippen LogP) is 1.25. The number of anilines is 1. The number of fused-ring (bicyclic) bond motifs is 3. The van der Waals surface area contributed by atoms with Gasteiger partial charge in [-0.1, -0.05) is 0 Å². The van der Waals surface area contributed by atoms with Gasteiger partial charge in [0.05, 0.1) is 19.3 Å². The van der Waals surface area contributed by atoms with Crippen molar-refractivity contribution in [3.05, 3.63) is 59.9 Å². The molecule has 5 rings (SSSR count). The van der Waals surface area contributed by atoms with E-state index in [1.807, 2.05) is 0 Å². The highest BCUT2D eigenvalue weighted by Gasteiger charge is 2.68. The monoisotopic (exact) mass is 409 g/mol. The molecule has 0 radical (unpaired) electrons. The summed E-state index contributed by atoms with van der Waals surface area (Å²) in [5.74, 6) is -1.70. The summed E-state index contributed by atoms with van der Waals surface area (Å²) in [6, 6.07) is 11.5. The molecular formula is C23H22FN2O4+. The second kappa shape index (κ2) is 7.02. The molecule has 3 heterocycles. The summed E-state index contributed by atoms with van der Waals surface area (Å²) in [5.41, 5.74) is 0.871. The van der Waals surface area contributed by atoms with Gasteiger partial charge >= 0.3 is 0 Å². The van der Waals surface area contributed by atoms with Crippen LogP contribution in [0.5, 0.6) is 5.75 Å². The number of ketones is 1. The number of Topliss-reactive ketones (excluding diaryl/α,β-unsaturated/α-hetero) is 1. The Hall–Kier alpha value is -3.06. The molecule has 0 aliphatic carbocycles. The van der Waals surface area contributed by atoms with Crippen molar-refractivity contribution in [2.75, 3.05) is 18.6 Å². The number of ether oxygens (including phenoxy) is 1. The normalized spacial score (nSPS) is 29.8. The zero-order valence-corrected chi connectivity index (χ0v) is 16.5. The van der Waals surface area contributed by atoms with E-state index in [-0.39, 0.29) is 23.6 Å². The van der Waals surface area contributed by atoms with E-state index in [1.54, 1.807) is 31.4 Å². The summed E-state index contributed by atoms with van der Waals surface area (Å²) in [5, 5.41) is 0. The van der Waals surface area contributed by atoms with Crippen LogP contribution < -0.4 is 14.5 Å². The molecule has 2 amide bonds. The van der Waals surface area contributed by atoms with Gasteiger partial charge in [-0.3, -0.25) is 14.4 Å². The third-order valence-electron chi connectivity index (χ3n) is 6.79. The summed E-state index contributed by atoms with van der Waals surface area (Å²) in [7, 11) is 1.55. The van der Waals surface area contributed by atoms with Crippen LogP contribution in [0, 0.1) is 17.7 Å². The quantitative estimate of drug-likeness (QED) is 0.610. The topological polar surface area (TPSA) is 68.1 Å². The van der Waals surface area contributed by atoms with Crippen LogP contribution in [0.15, 0.2) is 48.5 Å². The van der Waals surface area contributed by atoms with Crippen molar-refractivity contribution in [2.24, 2.45) is 11.8 Å². The molecule has 0 aromatic heterocycles. The Labute approximate surface area is 173 Å². The Morgan fingerprint density at radius 3 is 2.37 bits per heavy atom. The second-order valence-corrected chi connectivity index (χ2v) is 8.18. The Morgan fingerprint density at radius 2 is 1.70 bits per heavy atom. The van der Waals surface area contributed by atoms with Gasteiger partial charge in [-0.05, 0) is 48.5 Å². The third-order valence-corrected chi connectivity index (χ3v) is 6.79. The maximum Gasteiger partial charge on any atom is 0.244 e. The van der Waals surface area contributed by atoms with Crippen LogP contribution in [0.1, 0.15) is 23.2 Å². The van der Waals surface area contributed by atoms with Gasteiger partial charge in [-0.25, -0.2) is 9.29 Å². The number of nitrogens with one attached hydrogen (secondary N) is 1. The van der Waals surface area contributed by atoms with Crippen LogP contribution in [-0.2, 0) is 9.59 Å². The molecule has 3 saturated heterocycles. The van der Waals surface area contributed by atoms with Crippen LogP contribution in [0.2, 0.25) is 0 Å². The van der Waals surface area contributed by atoms with Gasteiger partial charge in [0.2, 0.25) is 17.6 Å². The van der Waals surface area contributed by atoms with Crippen LogP contribution in [0.3, 0.4) is 0 Å². The second-order valence-electron chi connectivity index (χ2n) is 8.18. The molecule has 3 fully saturated rings. The number of nitrogens with zero attached hydrogens (tertiary/aromatic N) is 1. The number of imide groups is 1. The SMILES string of the molecule is COc1ccc(N2C(=O)[C@@H]3[C@@H](C2=O)[C@@H]2CCC[NH+]2[C@@H]3C(=O)c2ccc(F)cc2)cc1. The first-order valence-corrected chi connectivity index (χ1v) is 10.2. The van der Waals surface area contributed by atoms with Crippen molar-refractivity contribution in [2.45, 2.75) is 24.9 Å². The Kier molecular flexibility index (Phi) is 4.43. The van der Waals surface area contributed by atoms with Crippen molar-refractivity contribution in [3.63, 3.8) is 0 Å². The predicted molar refractivity (Wildman–Crippen MR) is 106 cm³/mol. The lowest BCUT2D eigenvalue weighted by molar-refractivity contribution is -0.915. The molecule has 0 spiro atoms. The fourth-order valence-corrected chi connectivity index (χ4v) is 5.52. The summed E-state index contributed by atoms with van der Waals surface area (Å²) in [6.07, 6.45) is 1.74. The minimum absolute atomic E-state index is 0.0379. The molecule has 1 N–H and O–H groups in total. The summed E-state index contributed by atoms with van der Waals surface area (Å²) in [4.78, 5) is 42.4. The number of hydrogen-bond donors (Lipinski definition) is 1. The molecule has 3 aliphatic heterocycles. The first-order chi connectivity index (χ1) is 14.5. The van der Waals surface area contributed by atoms with E-state index in [4.69, 9.17) is 4.74 Å². The van der Waals surface area contributed by atoms with Crippen LogP contribution in [0.25, 0.3) is 0 Å². The molecule has 3 aliphatic rings. The highest BCUT2D eigenvalue weighted by Crippen LogP contribution is 2.40. The molecular weight excluding hydrogens is 387 g/mol. The average molecular weight is 409 g/mol. The zero-order valence-electron chi connectivity index (χ0n) is 16.5. The Balaban J connectivity index is 1.52. The van der Waals surface area contributed by atoms with Gasteiger partial charge in [-0.15, -0.1) is 0 Å². The molecule has 30 heavy (non-hydrogen) atoms. The van der Waals surface area contributed by atoms with Gasteiger partial charge in [0, 0.05) is 18.4 Å². The molecule has 2 aromatic rings. The number of methoxy groups -OCH3 is 1. The van der Waals surface area contributed by atoms with Crippen molar-refractivity contribution in [1.29, 1.82) is 0 Å². The fourth-order valence-electron chi connectivity index (χ4n) is 5.52. The van der Waals surface area contributed by atoms with Crippen LogP contribution >= 0.6 is 0 Å². The molecule has 0 bridgehead atoms. The van der Waals surface area contributed by atoms with E-state index in [2.05, 4.69) is 0 Å².